The van der Waals surface area contributed by atoms with E-state index >= 15 is 0 Å². The van der Waals surface area contributed by atoms with Crippen LogP contribution in [0.5, 0.6) is 5.75 Å². The van der Waals surface area contributed by atoms with E-state index < -0.39 is 0 Å². The van der Waals surface area contributed by atoms with Crippen molar-refractivity contribution in [3.8, 4) is 16.3 Å². The summed E-state index contributed by atoms with van der Waals surface area (Å²) in [5.41, 5.74) is 2.88. The van der Waals surface area contributed by atoms with Crippen molar-refractivity contribution < 1.29 is 19.1 Å². The van der Waals surface area contributed by atoms with Gasteiger partial charge in [-0.05, 0) is 36.8 Å². The van der Waals surface area contributed by atoms with Gasteiger partial charge in [-0.1, -0.05) is 11.3 Å². The van der Waals surface area contributed by atoms with Crippen LogP contribution in [-0.4, -0.2) is 71.7 Å². The number of aryl methyl sites for hydroxylation is 1. The Kier molecular flexibility index (Phi) is 7.38. The van der Waals surface area contributed by atoms with Gasteiger partial charge in [0.25, 0.3) is 0 Å². The maximum atomic E-state index is 12.9. The third-order valence-electron chi connectivity index (χ3n) is 5.31. The number of carbonyl (C=O) groups is 2. The van der Waals surface area contributed by atoms with Gasteiger partial charge in [0.1, 0.15) is 15.8 Å². The molecule has 4 rings (SSSR count). The highest BCUT2D eigenvalue weighted by molar-refractivity contribution is 7.14. The molecule has 0 aliphatic carbocycles. The number of ketones is 1. The second-order valence-electron chi connectivity index (χ2n) is 7.64. The summed E-state index contributed by atoms with van der Waals surface area (Å²) in [6, 6.07) is 6.92. The average molecular weight is 468 g/mol. The molecule has 0 unspecified atom stereocenters. The van der Waals surface area contributed by atoms with Crippen molar-refractivity contribution in [2.75, 3.05) is 45.3 Å². The van der Waals surface area contributed by atoms with Crippen molar-refractivity contribution in [3.63, 3.8) is 0 Å². The highest BCUT2D eigenvalue weighted by atomic mass is 32.1. The lowest BCUT2D eigenvalue weighted by Crippen LogP contribution is -2.41. The molecular weight excluding hydrogens is 442 g/mol. The number of hydrogen-bond donors (Lipinski definition) is 1. The monoisotopic (exact) mass is 467 g/mol. The molecule has 0 bridgehead atoms. The number of carbonyl (C=O) groups excluding carboxylic acids is 2. The number of nitrogens with one attached hydrogen (secondary N) is 1. The molecule has 3 heterocycles. The van der Waals surface area contributed by atoms with E-state index in [1.807, 2.05) is 17.9 Å². The quantitative estimate of drug-likeness (QED) is 0.504. The number of morpholine rings is 1. The summed E-state index contributed by atoms with van der Waals surface area (Å²) in [5, 5.41) is 12.6. The number of pyridine rings is 1. The van der Waals surface area contributed by atoms with Crippen LogP contribution in [0.3, 0.4) is 0 Å². The molecule has 10 heteroatoms. The Labute approximate surface area is 195 Å². The number of aromatic nitrogens is 3. The molecule has 1 N–H and O–H groups in total. The van der Waals surface area contributed by atoms with Crippen LogP contribution in [-0.2, 0) is 16.0 Å². The van der Waals surface area contributed by atoms with Gasteiger partial charge in [0.05, 0.1) is 39.0 Å². The zero-order valence-corrected chi connectivity index (χ0v) is 19.4. The lowest BCUT2D eigenvalue weighted by molar-refractivity contribution is -0.118. The predicted molar refractivity (Wildman–Crippen MR) is 125 cm³/mol. The maximum absolute atomic E-state index is 12.9. The van der Waals surface area contributed by atoms with Crippen LogP contribution >= 0.6 is 11.3 Å². The van der Waals surface area contributed by atoms with E-state index in [9.17, 15) is 9.59 Å². The van der Waals surface area contributed by atoms with E-state index in [0.29, 0.717) is 48.3 Å². The summed E-state index contributed by atoms with van der Waals surface area (Å²) in [5.74, 6) is 0.208. The number of anilines is 1. The van der Waals surface area contributed by atoms with E-state index in [1.54, 1.807) is 30.6 Å². The average Bonchev–Trinajstić information content (AvgIpc) is 3.28. The van der Waals surface area contributed by atoms with Crippen LogP contribution in [0, 0.1) is 6.92 Å². The molecule has 0 radical (unpaired) electrons. The SMILES string of the molecule is COc1ccc(C(=O)Cc2nnc(-c3cnccc3C)s2)cc1NC(=O)CN1CCOCC1. The number of amides is 1. The maximum Gasteiger partial charge on any atom is 0.238 e. The van der Waals surface area contributed by atoms with Gasteiger partial charge in [-0.15, -0.1) is 10.2 Å². The summed E-state index contributed by atoms with van der Waals surface area (Å²) < 4.78 is 10.7. The van der Waals surface area contributed by atoms with Crippen molar-refractivity contribution in [1.82, 2.24) is 20.1 Å². The molecule has 33 heavy (non-hydrogen) atoms. The van der Waals surface area contributed by atoms with Crippen molar-refractivity contribution >= 4 is 28.7 Å². The number of benzene rings is 1. The van der Waals surface area contributed by atoms with E-state index in [2.05, 4.69) is 20.5 Å². The summed E-state index contributed by atoms with van der Waals surface area (Å²) >= 11 is 1.37. The molecule has 0 saturated carbocycles. The molecule has 0 spiro atoms. The second kappa shape index (κ2) is 10.6. The third kappa shape index (κ3) is 5.78. The number of nitrogens with zero attached hydrogens (tertiary/aromatic N) is 4. The first-order valence-electron chi connectivity index (χ1n) is 10.6. The summed E-state index contributed by atoms with van der Waals surface area (Å²) in [6.45, 7) is 4.90. The van der Waals surface area contributed by atoms with Crippen molar-refractivity contribution in [1.29, 1.82) is 0 Å². The van der Waals surface area contributed by atoms with Gasteiger partial charge < -0.3 is 14.8 Å². The number of Topliss-reactive ketones (excluding diaryl/α,β-unsaturated/α-hetero) is 1. The smallest absolute Gasteiger partial charge is 0.238 e. The van der Waals surface area contributed by atoms with Crippen LogP contribution in [0.15, 0.2) is 36.7 Å². The fraction of sp³-hybridized carbons (Fsp3) is 0.348. The minimum absolute atomic E-state index is 0.116. The van der Waals surface area contributed by atoms with Crippen LogP contribution in [0.2, 0.25) is 0 Å². The van der Waals surface area contributed by atoms with Gasteiger partial charge in [-0.2, -0.15) is 0 Å². The van der Waals surface area contributed by atoms with Crippen LogP contribution in [0.1, 0.15) is 20.9 Å². The zero-order valence-electron chi connectivity index (χ0n) is 18.5. The zero-order chi connectivity index (χ0) is 23.2. The van der Waals surface area contributed by atoms with Gasteiger partial charge in [0.2, 0.25) is 5.91 Å². The van der Waals surface area contributed by atoms with Gasteiger partial charge in [0.15, 0.2) is 5.78 Å². The fourth-order valence-corrected chi connectivity index (χ4v) is 4.41. The van der Waals surface area contributed by atoms with Gasteiger partial charge in [0, 0.05) is 36.6 Å². The Hall–Kier alpha value is -3.21. The van der Waals surface area contributed by atoms with Gasteiger partial charge >= 0.3 is 0 Å². The molecule has 1 fully saturated rings. The lowest BCUT2D eigenvalue weighted by atomic mass is 10.1. The normalized spacial score (nSPS) is 14.1. The molecule has 2 aromatic heterocycles. The summed E-state index contributed by atoms with van der Waals surface area (Å²) in [4.78, 5) is 31.6. The molecule has 3 aromatic rings. The van der Waals surface area contributed by atoms with E-state index in [-0.39, 0.29) is 24.7 Å². The summed E-state index contributed by atoms with van der Waals surface area (Å²) in [7, 11) is 1.53. The Bertz CT molecular complexity index is 1140. The highest BCUT2D eigenvalue weighted by Crippen LogP contribution is 2.28. The van der Waals surface area contributed by atoms with Gasteiger partial charge in [-0.25, -0.2) is 0 Å². The Morgan fingerprint density at radius 1 is 1.21 bits per heavy atom. The van der Waals surface area contributed by atoms with Gasteiger partial charge in [-0.3, -0.25) is 19.5 Å². The second-order valence-corrected chi connectivity index (χ2v) is 8.71. The van der Waals surface area contributed by atoms with Crippen LogP contribution < -0.4 is 10.1 Å². The molecule has 1 aliphatic rings. The predicted octanol–water partition coefficient (Wildman–Crippen LogP) is 2.61. The largest absolute Gasteiger partial charge is 0.495 e. The standard InChI is InChI=1S/C23H25N5O4S/c1-15-5-6-24-13-17(15)23-27-26-22(33-23)12-19(29)16-3-4-20(31-2)18(11-16)25-21(30)14-28-7-9-32-10-8-28/h3-6,11,13H,7-10,12,14H2,1-2H3,(H,25,30). The van der Waals surface area contributed by atoms with E-state index in [4.69, 9.17) is 9.47 Å². The molecular formula is C23H25N5O4S. The minimum Gasteiger partial charge on any atom is -0.495 e. The minimum atomic E-state index is -0.166. The molecule has 0 atom stereocenters. The highest BCUT2D eigenvalue weighted by Gasteiger charge is 2.18. The van der Waals surface area contributed by atoms with Crippen molar-refractivity contribution in [2.45, 2.75) is 13.3 Å². The Morgan fingerprint density at radius 3 is 2.79 bits per heavy atom. The van der Waals surface area contributed by atoms with Crippen LogP contribution in [0.25, 0.3) is 10.6 Å². The first-order chi connectivity index (χ1) is 16.0. The fourth-order valence-electron chi connectivity index (χ4n) is 3.49. The number of methoxy groups -OCH3 is 1. The van der Waals surface area contributed by atoms with Crippen molar-refractivity contribution in [3.05, 3.63) is 52.8 Å². The van der Waals surface area contributed by atoms with E-state index in [0.717, 1.165) is 16.1 Å². The first kappa shape index (κ1) is 23.0. The topological polar surface area (TPSA) is 107 Å². The molecule has 1 saturated heterocycles. The molecule has 1 aromatic carbocycles. The first-order valence-corrected chi connectivity index (χ1v) is 11.4. The number of ether oxygens (including phenoxy) is 2. The number of hydrogen-bond acceptors (Lipinski definition) is 9. The number of rotatable bonds is 8. The molecule has 1 aliphatic heterocycles. The Morgan fingerprint density at radius 2 is 2.03 bits per heavy atom. The lowest BCUT2D eigenvalue weighted by Gasteiger charge is -2.25. The van der Waals surface area contributed by atoms with Crippen LogP contribution in [0.4, 0.5) is 5.69 Å². The van der Waals surface area contributed by atoms with Crippen molar-refractivity contribution in [2.24, 2.45) is 0 Å². The molecule has 1 amide bonds. The third-order valence-corrected chi connectivity index (χ3v) is 6.27. The molecule has 9 nitrogen and oxygen atoms in total. The molecule has 172 valence electrons. The van der Waals surface area contributed by atoms with E-state index in [1.165, 1.54) is 18.4 Å². The Balaban J connectivity index is 1.45. The summed E-state index contributed by atoms with van der Waals surface area (Å²) in [6.07, 6.45) is 3.59.